The number of rotatable bonds is 5. The van der Waals surface area contributed by atoms with Crippen LogP contribution < -0.4 is 10.6 Å². The normalized spacial score (nSPS) is 20.4. The average molecular weight is 356 g/mol. The summed E-state index contributed by atoms with van der Waals surface area (Å²) in [5.41, 5.74) is 4.64. The molecule has 1 aliphatic heterocycles. The van der Waals surface area contributed by atoms with Crippen LogP contribution in [0.2, 0.25) is 0 Å². The molecule has 0 unspecified atom stereocenters. The van der Waals surface area contributed by atoms with Crippen molar-refractivity contribution in [3.63, 3.8) is 0 Å². The predicted octanol–water partition coefficient (Wildman–Crippen LogP) is 1.66. The minimum atomic E-state index is -0.0215. The van der Waals surface area contributed by atoms with Crippen molar-refractivity contribution in [1.29, 1.82) is 0 Å². The Hall–Kier alpha value is -2.15. The van der Waals surface area contributed by atoms with Crippen LogP contribution in [-0.2, 0) is 30.7 Å². The van der Waals surface area contributed by atoms with Gasteiger partial charge in [-0.05, 0) is 56.7 Å². The fraction of sp³-hybridized carbons (Fsp3) is 0.632. The largest absolute Gasteiger partial charge is 0.349 e. The summed E-state index contributed by atoms with van der Waals surface area (Å²) in [4.78, 5) is 12.3. The van der Waals surface area contributed by atoms with Crippen LogP contribution in [0.4, 0.5) is 0 Å². The van der Waals surface area contributed by atoms with Crippen LogP contribution in [0.1, 0.15) is 60.7 Å². The molecule has 1 atom stereocenters. The fourth-order valence-corrected chi connectivity index (χ4v) is 4.05. The number of H-pyrrole nitrogens is 1. The van der Waals surface area contributed by atoms with Crippen LogP contribution in [0, 0.1) is 0 Å². The Bertz CT molecular complexity index is 743. The quantitative estimate of drug-likeness (QED) is 0.711. The summed E-state index contributed by atoms with van der Waals surface area (Å²) in [7, 11) is 0. The van der Waals surface area contributed by atoms with Gasteiger partial charge in [0.05, 0.1) is 17.9 Å². The number of hydrogen-bond acceptors (Lipinski definition) is 4. The van der Waals surface area contributed by atoms with Crippen molar-refractivity contribution < 1.29 is 4.79 Å². The summed E-state index contributed by atoms with van der Waals surface area (Å²) in [6.45, 7) is 2.82. The number of amides is 1. The molecule has 4 rings (SSSR count). The van der Waals surface area contributed by atoms with Gasteiger partial charge in [0.1, 0.15) is 6.54 Å². The molecule has 0 spiro atoms. The van der Waals surface area contributed by atoms with Gasteiger partial charge >= 0.3 is 0 Å². The highest BCUT2D eigenvalue weighted by molar-refractivity contribution is 5.75. The molecule has 0 saturated carbocycles. The molecule has 26 heavy (non-hydrogen) atoms. The molecule has 3 N–H and O–H groups in total. The van der Waals surface area contributed by atoms with Crippen molar-refractivity contribution in [3.8, 4) is 0 Å². The van der Waals surface area contributed by atoms with Crippen molar-refractivity contribution in [2.45, 2.75) is 64.0 Å². The van der Waals surface area contributed by atoms with Gasteiger partial charge in [-0.2, -0.15) is 10.2 Å². The number of hydrogen-bond donors (Lipinski definition) is 3. The number of aromatic amines is 1. The molecule has 1 fully saturated rings. The Balaban J connectivity index is 1.30. The third-order valence-electron chi connectivity index (χ3n) is 5.53. The molecular weight excluding hydrogens is 328 g/mol. The zero-order chi connectivity index (χ0) is 17.8. The topological polar surface area (TPSA) is 87.6 Å². The van der Waals surface area contributed by atoms with Gasteiger partial charge in [-0.3, -0.25) is 14.6 Å². The van der Waals surface area contributed by atoms with Gasteiger partial charge in [0, 0.05) is 24.4 Å². The first-order valence-electron chi connectivity index (χ1n) is 9.85. The van der Waals surface area contributed by atoms with Crippen LogP contribution in [-0.4, -0.2) is 39.0 Å². The SMILES string of the molecule is O=C(Cn1ccc([C@H]2CCCNC2)n1)NCc1n[nH]c2c1CCCCC2. The van der Waals surface area contributed by atoms with E-state index in [0.717, 1.165) is 37.3 Å². The number of piperidine rings is 1. The number of carbonyl (C=O) groups excluding carboxylic acids is 1. The van der Waals surface area contributed by atoms with Crippen LogP contribution in [0.25, 0.3) is 0 Å². The summed E-state index contributed by atoms with van der Waals surface area (Å²) < 4.78 is 1.74. The van der Waals surface area contributed by atoms with Crippen LogP contribution in [0.15, 0.2) is 12.3 Å². The maximum Gasteiger partial charge on any atom is 0.242 e. The molecule has 2 aromatic rings. The second-order valence-corrected chi connectivity index (χ2v) is 7.45. The molecule has 2 aromatic heterocycles. The van der Waals surface area contributed by atoms with E-state index in [1.54, 1.807) is 4.68 Å². The second kappa shape index (κ2) is 8.03. The first-order chi connectivity index (χ1) is 12.8. The lowest BCUT2D eigenvalue weighted by Gasteiger charge is -2.20. The van der Waals surface area contributed by atoms with E-state index in [4.69, 9.17) is 0 Å². The van der Waals surface area contributed by atoms with Crippen molar-refractivity contribution in [2.24, 2.45) is 0 Å². The van der Waals surface area contributed by atoms with Gasteiger partial charge in [-0.1, -0.05) is 6.42 Å². The zero-order valence-corrected chi connectivity index (χ0v) is 15.3. The average Bonchev–Trinajstić information content (AvgIpc) is 3.21. The maximum absolute atomic E-state index is 12.3. The Labute approximate surface area is 153 Å². The number of fused-ring (bicyclic) bond motifs is 1. The van der Waals surface area contributed by atoms with Crippen molar-refractivity contribution in [3.05, 3.63) is 34.9 Å². The predicted molar refractivity (Wildman–Crippen MR) is 98.8 cm³/mol. The summed E-state index contributed by atoms with van der Waals surface area (Å²) in [6, 6.07) is 2.04. The van der Waals surface area contributed by atoms with Gasteiger partial charge in [-0.15, -0.1) is 0 Å². The molecule has 1 amide bonds. The molecular formula is C19H28N6O. The lowest BCUT2D eigenvalue weighted by Crippen LogP contribution is -2.29. The lowest BCUT2D eigenvalue weighted by atomic mass is 9.97. The summed E-state index contributed by atoms with van der Waals surface area (Å²) >= 11 is 0. The molecule has 7 nitrogen and oxygen atoms in total. The van der Waals surface area contributed by atoms with E-state index in [1.165, 1.54) is 43.4 Å². The molecule has 2 aliphatic rings. The van der Waals surface area contributed by atoms with E-state index < -0.39 is 0 Å². The Morgan fingerprint density at radius 3 is 3.08 bits per heavy atom. The van der Waals surface area contributed by atoms with Crippen LogP contribution in [0.5, 0.6) is 0 Å². The number of carbonyl (C=O) groups is 1. The molecule has 1 aliphatic carbocycles. The molecule has 0 aromatic carbocycles. The molecule has 0 bridgehead atoms. The summed E-state index contributed by atoms with van der Waals surface area (Å²) in [5, 5.41) is 18.6. The second-order valence-electron chi connectivity index (χ2n) is 7.45. The first kappa shape index (κ1) is 17.3. The van der Waals surface area contributed by atoms with Crippen molar-refractivity contribution in [2.75, 3.05) is 13.1 Å². The Morgan fingerprint density at radius 2 is 2.19 bits per heavy atom. The summed E-state index contributed by atoms with van der Waals surface area (Å²) in [6.07, 6.45) is 10.1. The molecule has 140 valence electrons. The molecule has 1 saturated heterocycles. The number of nitrogens with zero attached hydrogens (tertiary/aromatic N) is 3. The minimum Gasteiger partial charge on any atom is -0.349 e. The zero-order valence-electron chi connectivity index (χ0n) is 15.3. The molecule has 7 heteroatoms. The summed E-state index contributed by atoms with van der Waals surface area (Å²) in [5.74, 6) is 0.444. The smallest absolute Gasteiger partial charge is 0.242 e. The van der Waals surface area contributed by atoms with E-state index in [-0.39, 0.29) is 12.5 Å². The maximum atomic E-state index is 12.3. The van der Waals surface area contributed by atoms with Gasteiger partial charge in [0.15, 0.2) is 0 Å². The van der Waals surface area contributed by atoms with E-state index in [9.17, 15) is 4.79 Å². The highest BCUT2D eigenvalue weighted by Crippen LogP contribution is 2.22. The van der Waals surface area contributed by atoms with Crippen LogP contribution >= 0.6 is 0 Å². The number of aryl methyl sites for hydroxylation is 1. The Morgan fingerprint density at radius 1 is 1.27 bits per heavy atom. The Kier molecular flexibility index (Phi) is 5.34. The highest BCUT2D eigenvalue weighted by Gasteiger charge is 2.19. The van der Waals surface area contributed by atoms with E-state index in [1.807, 2.05) is 12.3 Å². The fourth-order valence-electron chi connectivity index (χ4n) is 4.05. The number of nitrogens with one attached hydrogen (secondary N) is 3. The third kappa shape index (κ3) is 3.98. The van der Waals surface area contributed by atoms with Gasteiger partial charge in [0.2, 0.25) is 5.91 Å². The van der Waals surface area contributed by atoms with E-state index in [2.05, 4.69) is 25.9 Å². The first-order valence-corrected chi connectivity index (χ1v) is 9.85. The molecule has 3 heterocycles. The lowest BCUT2D eigenvalue weighted by molar-refractivity contribution is -0.122. The van der Waals surface area contributed by atoms with Gasteiger partial charge in [0.25, 0.3) is 0 Å². The molecule has 0 radical (unpaired) electrons. The monoisotopic (exact) mass is 356 g/mol. The van der Waals surface area contributed by atoms with E-state index in [0.29, 0.717) is 12.5 Å². The van der Waals surface area contributed by atoms with E-state index >= 15 is 0 Å². The minimum absolute atomic E-state index is 0.0215. The van der Waals surface area contributed by atoms with Crippen LogP contribution in [0.3, 0.4) is 0 Å². The van der Waals surface area contributed by atoms with Gasteiger partial charge < -0.3 is 10.6 Å². The highest BCUT2D eigenvalue weighted by atomic mass is 16.2. The standard InChI is InChI=1S/C19H28N6O/c26-19(13-25-10-8-16(24-25)14-5-4-9-20-11-14)21-12-18-15-6-2-1-3-7-17(15)22-23-18/h8,10,14,20H,1-7,9,11-13H2,(H,21,26)(H,22,23)/t14-/m0/s1. The third-order valence-corrected chi connectivity index (χ3v) is 5.53. The van der Waals surface area contributed by atoms with Crippen molar-refractivity contribution in [1.82, 2.24) is 30.6 Å². The van der Waals surface area contributed by atoms with Gasteiger partial charge in [-0.25, -0.2) is 0 Å². The van der Waals surface area contributed by atoms with Crippen molar-refractivity contribution >= 4 is 5.91 Å². The number of aromatic nitrogens is 4.